The van der Waals surface area contributed by atoms with Crippen LogP contribution in [0.15, 0.2) is 18.5 Å². The smallest absolute Gasteiger partial charge is 0.353 e. The van der Waals surface area contributed by atoms with Crippen LogP contribution in [0.1, 0.15) is 23.2 Å². The van der Waals surface area contributed by atoms with E-state index >= 15 is 0 Å². The summed E-state index contributed by atoms with van der Waals surface area (Å²) in [6.45, 7) is 0.429. The molecule has 0 unspecified atom stereocenters. The number of alkyl halides is 3. The normalized spacial score (nSPS) is 11.1. The fraction of sp³-hybridized carbons (Fsp3) is 0.400. The Balaban J connectivity index is 2.65. The van der Waals surface area contributed by atoms with E-state index in [1.54, 1.807) is 0 Å². The molecular formula is C10H9F3N2O. The average Bonchev–Trinajstić information content (AvgIpc) is 2.64. The zero-order chi connectivity index (χ0) is 12.2. The lowest BCUT2D eigenvalue weighted by molar-refractivity contribution is -0.0885. The zero-order valence-corrected chi connectivity index (χ0v) is 8.29. The van der Waals surface area contributed by atoms with Crippen molar-refractivity contribution in [2.24, 2.45) is 0 Å². The van der Waals surface area contributed by atoms with Gasteiger partial charge in [0.15, 0.2) is 0 Å². The van der Waals surface area contributed by atoms with Crippen LogP contribution < -0.4 is 0 Å². The van der Waals surface area contributed by atoms with E-state index in [-0.39, 0.29) is 5.56 Å². The fourth-order valence-electron chi connectivity index (χ4n) is 1.22. The second-order valence-electron chi connectivity index (χ2n) is 3.23. The number of aryl methyl sites for hydroxylation is 1. The molecule has 0 bridgehead atoms. The number of rotatable bonds is 4. The van der Waals surface area contributed by atoms with Crippen LogP contribution in [0.25, 0.3) is 0 Å². The van der Waals surface area contributed by atoms with Crippen LogP contribution >= 0.6 is 0 Å². The number of ketones is 1. The van der Waals surface area contributed by atoms with Crippen LogP contribution in [0.5, 0.6) is 0 Å². The molecule has 0 aliphatic rings. The molecule has 0 amide bonds. The summed E-state index contributed by atoms with van der Waals surface area (Å²) in [5.74, 6) is -1.84. The van der Waals surface area contributed by atoms with E-state index in [9.17, 15) is 18.0 Å². The van der Waals surface area contributed by atoms with Gasteiger partial charge < -0.3 is 4.57 Å². The quantitative estimate of drug-likeness (QED) is 0.589. The molecule has 1 aromatic rings. The second kappa shape index (κ2) is 4.84. The highest BCUT2D eigenvalue weighted by molar-refractivity contribution is 6.00. The van der Waals surface area contributed by atoms with Crippen molar-refractivity contribution < 1.29 is 18.0 Å². The van der Waals surface area contributed by atoms with Gasteiger partial charge in [-0.15, -0.1) is 0 Å². The third kappa shape index (κ3) is 3.12. The second-order valence-corrected chi connectivity index (χ2v) is 3.23. The lowest BCUT2D eigenvalue weighted by Gasteiger charge is -2.02. The van der Waals surface area contributed by atoms with Crippen molar-refractivity contribution >= 4 is 5.78 Å². The van der Waals surface area contributed by atoms with Gasteiger partial charge in [0.05, 0.1) is 6.07 Å². The zero-order valence-electron chi connectivity index (χ0n) is 8.29. The molecule has 86 valence electrons. The van der Waals surface area contributed by atoms with Crippen molar-refractivity contribution in [2.45, 2.75) is 25.6 Å². The fourth-order valence-corrected chi connectivity index (χ4v) is 1.22. The van der Waals surface area contributed by atoms with Gasteiger partial charge >= 0.3 is 6.18 Å². The van der Waals surface area contributed by atoms with Gasteiger partial charge in [0.1, 0.15) is 0 Å². The Hall–Kier alpha value is -1.77. The van der Waals surface area contributed by atoms with Gasteiger partial charge in [0, 0.05) is 30.9 Å². The summed E-state index contributed by atoms with van der Waals surface area (Å²) in [5.41, 5.74) is -0.371. The van der Waals surface area contributed by atoms with Gasteiger partial charge in [-0.05, 0) is 12.5 Å². The van der Waals surface area contributed by atoms with Crippen molar-refractivity contribution in [3.05, 3.63) is 24.0 Å². The SMILES string of the molecule is N#CCCCn1ccc(C(=O)C(F)(F)F)c1. The molecule has 0 fully saturated rings. The first-order chi connectivity index (χ1) is 7.45. The van der Waals surface area contributed by atoms with Crippen molar-refractivity contribution in [2.75, 3.05) is 0 Å². The molecule has 0 spiro atoms. The molecule has 0 saturated carbocycles. The number of nitrogens with zero attached hydrogens (tertiary/aromatic N) is 2. The first-order valence-electron chi connectivity index (χ1n) is 4.59. The molecule has 0 aromatic carbocycles. The van der Waals surface area contributed by atoms with Crippen LogP contribution in [-0.4, -0.2) is 16.5 Å². The number of nitriles is 1. The van der Waals surface area contributed by atoms with Crippen molar-refractivity contribution in [3.8, 4) is 6.07 Å². The number of hydrogen-bond acceptors (Lipinski definition) is 2. The van der Waals surface area contributed by atoms with E-state index in [4.69, 9.17) is 5.26 Å². The highest BCUT2D eigenvalue weighted by Crippen LogP contribution is 2.21. The van der Waals surface area contributed by atoms with Gasteiger partial charge in [0.2, 0.25) is 0 Å². The van der Waals surface area contributed by atoms with E-state index < -0.39 is 12.0 Å². The number of carbonyl (C=O) groups is 1. The Morgan fingerprint density at radius 2 is 2.19 bits per heavy atom. The monoisotopic (exact) mass is 230 g/mol. The van der Waals surface area contributed by atoms with Crippen LogP contribution in [0.3, 0.4) is 0 Å². The van der Waals surface area contributed by atoms with E-state index in [2.05, 4.69) is 0 Å². The van der Waals surface area contributed by atoms with E-state index in [1.807, 2.05) is 6.07 Å². The van der Waals surface area contributed by atoms with Crippen LogP contribution in [0, 0.1) is 11.3 Å². The molecule has 16 heavy (non-hydrogen) atoms. The summed E-state index contributed by atoms with van der Waals surface area (Å²) in [5, 5.41) is 8.28. The number of aromatic nitrogens is 1. The lowest BCUT2D eigenvalue weighted by atomic mass is 10.2. The van der Waals surface area contributed by atoms with Gasteiger partial charge in [-0.3, -0.25) is 4.79 Å². The number of unbranched alkanes of at least 4 members (excludes halogenated alkanes) is 1. The Morgan fingerprint density at radius 1 is 1.50 bits per heavy atom. The summed E-state index contributed by atoms with van der Waals surface area (Å²) >= 11 is 0. The van der Waals surface area contributed by atoms with Gasteiger partial charge in [-0.2, -0.15) is 18.4 Å². The molecule has 0 radical (unpaired) electrons. The topological polar surface area (TPSA) is 45.8 Å². The molecule has 0 atom stereocenters. The molecule has 3 nitrogen and oxygen atoms in total. The predicted molar refractivity (Wildman–Crippen MR) is 49.7 cm³/mol. The van der Waals surface area contributed by atoms with Crippen LogP contribution in [-0.2, 0) is 6.54 Å². The minimum Gasteiger partial charge on any atom is -0.353 e. The first-order valence-corrected chi connectivity index (χ1v) is 4.59. The van der Waals surface area contributed by atoms with Gasteiger partial charge in [-0.25, -0.2) is 0 Å². The molecule has 0 aliphatic heterocycles. The molecule has 0 N–H and O–H groups in total. The summed E-state index contributed by atoms with van der Waals surface area (Å²) in [4.78, 5) is 10.8. The van der Waals surface area contributed by atoms with E-state index in [0.29, 0.717) is 19.4 Å². The summed E-state index contributed by atoms with van der Waals surface area (Å²) < 4.78 is 37.6. The largest absolute Gasteiger partial charge is 0.454 e. The predicted octanol–water partition coefficient (Wildman–Crippen LogP) is 2.54. The molecule has 1 aromatic heterocycles. The molecule has 0 aliphatic carbocycles. The Labute approximate surface area is 90.1 Å². The maximum atomic E-state index is 12.0. The molecular weight excluding hydrogens is 221 g/mol. The van der Waals surface area contributed by atoms with Crippen molar-refractivity contribution in [1.29, 1.82) is 5.26 Å². The van der Waals surface area contributed by atoms with Crippen LogP contribution in [0.4, 0.5) is 13.2 Å². The van der Waals surface area contributed by atoms with Gasteiger partial charge in [-0.1, -0.05) is 0 Å². The summed E-state index contributed by atoms with van der Waals surface area (Å²) in [6.07, 6.45) is -1.41. The number of halogens is 3. The number of carbonyl (C=O) groups excluding carboxylic acids is 1. The third-order valence-electron chi connectivity index (χ3n) is 1.98. The highest BCUT2D eigenvalue weighted by Gasteiger charge is 2.39. The lowest BCUT2D eigenvalue weighted by Crippen LogP contribution is -2.22. The van der Waals surface area contributed by atoms with Gasteiger partial charge in [0.25, 0.3) is 5.78 Å². The maximum Gasteiger partial charge on any atom is 0.454 e. The summed E-state index contributed by atoms with van der Waals surface area (Å²) in [7, 11) is 0. The first kappa shape index (κ1) is 12.3. The maximum absolute atomic E-state index is 12.0. The number of hydrogen-bond donors (Lipinski definition) is 0. The average molecular weight is 230 g/mol. The Morgan fingerprint density at radius 3 is 2.75 bits per heavy atom. The molecule has 6 heteroatoms. The van der Waals surface area contributed by atoms with Crippen molar-refractivity contribution in [1.82, 2.24) is 4.57 Å². The Bertz CT molecular complexity index is 414. The minimum atomic E-state index is -4.83. The van der Waals surface area contributed by atoms with E-state index in [0.717, 1.165) is 12.3 Å². The molecule has 1 heterocycles. The minimum absolute atomic E-state index is 0.334. The van der Waals surface area contributed by atoms with Crippen molar-refractivity contribution in [3.63, 3.8) is 0 Å². The third-order valence-corrected chi connectivity index (χ3v) is 1.98. The molecule has 0 saturated heterocycles. The van der Waals surface area contributed by atoms with E-state index in [1.165, 1.54) is 10.8 Å². The standard InChI is InChI=1S/C10H9F3N2O/c11-10(12,13)9(16)8-3-6-15(7-8)5-2-1-4-14/h3,6-7H,1-2,5H2. The highest BCUT2D eigenvalue weighted by atomic mass is 19.4. The summed E-state index contributed by atoms with van der Waals surface area (Å²) in [6, 6.07) is 3.06. The van der Waals surface area contributed by atoms with Crippen LogP contribution in [0.2, 0.25) is 0 Å². The number of Topliss-reactive ketones (excluding diaryl/α,β-unsaturated/α-hetero) is 1. The Kier molecular flexibility index (Phi) is 3.72. The molecule has 1 rings (SSSR count).